The van der Waals surface area contributed by atoms with Gasteiger partial charge in [0.1, 0.15) is 11.4 Å². The molecule has 6 rings (SSSR count). The van der Waals surface area contributed by atoms with E-state index < -0.39 is 0 Å². The Morgan fingerprint density at radius 3 is 2.83 bits per heavy atom. The number of carbonyl (C=O) groups is 2. The smallest absolute Gasteiger partial charge is 0.274 e. The molecule has 2 aliphatic rings. The zero-order chi connectivity index (χ0) is 24.1. The van der Waals surface area contributed by atoms with Crippen LogP contribution in [0.1, 0.15) is 38.8 Å². The van der Waals surface area contributed by atoms with Gasteiger partial charge in [-0.1, -0.05) is 48.0 Å². The molecule has 35 heavy (non-hydrogen) atoms. The molecule has 1 aliphatic heterocycles. The Labute approximate surface area is 212 Å². The van der Waals surface area contributed by atoms with Gasteiger partial charge in [0.2, 0.25) is 0 Å². The number of likely N-dealkylation sites (tertiary alicyclic amines) is 1. The first kappa shape index (κ1) is 22.2. The minimum atomic E-state index is -0.223. The number of thiazole rings is 1. The molecule has 1 N–H and O–H groups in total. The van der Waals surface area contributed by atoms with Crippen molar-refractivity contribution in [2.24, 2.45) is 5.92 Å². The van der Waals surface area contributed by atoms with E-state index in [1.807, 2.05) is 66.4 Å². The molecular weight excluding hydrogens is 480 g/mol. The molecule has 0 radical (unpaired) electrons. The SMILES string of the molecule is Cc1nc(C(=O)N2C(CNC(=O)c3nccc4ccccc34)CC3C[C@@H]32)c(-c2cccc(Cl)c2)s1. The highest BCUT2D eigenvalue weighted by atomic mass is 35.5. The molecule has 1 saturated heterocycles. The van der Waals surface area contributed by atoms with Crippen LogP contribution in [0.2, 0.25) is 5.02 Å². The van der Waals surface area contributed by atoms with Crippen molar-refractivity contribution < 1.29 is 9.59 Å². The number of rotatable bonds is 5. The van der Waals surface area contributed by atoms with Crippen LogP contribution < -0.4 is 5.32 Å². The Morgan fingerprint density at radius 2 is 1.97 bits per heavy atom. The highest BCUT2D eigenvalue weighted by Gasteiger charge is 2.54. The summed E-state index contributed by atoms with van der Waals surface area (Å²) in [6, 6.07) is 17.3. The highest BCUT2D eigenvalue weighted by molar-refractivity contribution is 7.15. The topological polar surface area (TPSA) is 75.2 Å². The van der Waals surface area contributed by atoms with Crippen LogP contribution in [0.25, 0.3) is 21.2 Å². The van der Waals surface area contributed by atoms with Gasteiger partial charge in [0.05, 0.1) is 15.9 Å². The van der Waals surface area contributed by atoms with E-state index in [4.69, 9.17) is 11.6 Å². The number of nitrogens with zero attached hydrogens (tertiary/aromatic N) is 3. The third-order valence-corrected chi connectivity index (χ3v) is 8.11. The molecule has 1 saturated carbocycles. The number of fused-ring (bicyclic) bond motifs is 2. The Balaban J connectivity index is 1.23. The molecule has 4 aromatic rings. The van der Waals surface area contributed by atoms with Gasteiger partial charge in [0.25, 0.3) is 11.8 Å². The average Bonchev–Trinajstić information content (AvgIpc) is 3.35. The number of hydrogen-bond acceptors (Lipinski definition) is 5. The Morgan fingerprint density at radius 1 is 1.11 bits per heavy atom. The number of aromatic nitrogens is 2. The first-order valence-electron chi connectivity index (χ1n) is 11.7. The second-order valence-electron chi connectivity index (χ2n) is 9.18. The van der Waals surface area contributed by atoms with E-state index in [9.17, 15) is 9.59 Å². The summed E-state index contributed by atoms with van der Waals surface area (Å²) in [5, 5.41) is 6.29. The maximum Gasteiger partial charge on any atom is 0.274 e. The third-order valence-electron chi connectivity index (χ3n) is 6.86. The molecule has 2 fully saturated rings. The molecular formula is C27H23ClN4O2S. The number of hydrogen-bond donors (Lipinski definition) is 1. The van der Waals surface area contributed by atoms with Gasteiger partial charge in [-0.05, 0) is 54.8 Å². The Bertz CT molecular complexity index is 1460. The van der Waals surface area contributed by atoms with Crippen molar-refractivity contribution in [1.82, 2.24) is 20.2 Å². The van der Waals surface area contributed by atoms with Gasteiger partial charge in [0.15, 0.2) is 0 Å². The van der Waals surface area contributed by atoms with Crippen molar-refractivity contribution in [3.8, 4) is 10.4 Å². The van der Waals surface area contributed by atoms with Gasteiger partial charge in [-0.2, -0.15) is 0 Å². The lowest BCUT2D eigenvalue weighted by Crippen LogP contribution is -2.45. The van der Waals surface area contributed by atoms with Crippen molar-refractivity contribution in [3.63, 3.8) is 0 Å². The molecule has 2 amide bonds. The lowest BCUT2D eigenvalue weighted by Gasteiger charge is -2.27. The standard InChI is InChI=1S/C27H23ClN4O2S/c1-15-31-24(25(35-15)17-6-4-7-19(28)11-17)27(34)32-20(12-18-13-22(18)32)14-30-26(33)23-21-8-3-2-5-16(21)9-10-29-23/h2-11,18,20,22H,12-14H2,1H3,(H,30,33)/t18?,20?,22-/m0/s1. The molecule has 2 aromatic heterocycles. The number of amides is 2. The summed E-state index contributed by atoms with van der Waals surface area (Å²) in [5.74, 6) is 0.196. The monoisotopic (exact) mass is 502 g/mol. The van der Waals surface area contributed by atoms with Crippen molar-refractivity contribution in [1.29, 1.82) is 0 Å². The van der Waals surface area contributed by atoms with E-state index in [0.29, 0.717) is 28.9 Å². The first-order chi connectivity index (χ1) is 17.0. The van der Waals surface area contributed by atoms with Gasteiger partial charge in [-0.3, -0.25) is 14.6 Å². The van der Waals surface area contributed by atoms with Crippen molar-refractivity contribution in [3.05, 3.63) is 82.2 Å². The van der Waals surface area contributed by atoms with Crippen LogP contribution in [0.3, 0.4) is 0 Å². The average molecular weight is 503 g/mol. The van der Waals surface area contributed by atoms with Gasteiger partial charge in [-0.15, -0.1) is 11.3 Å². The maximum atomic E-state index is 13.8. The van der Waals surface area contributed by atoms with E-state index in [2.05, 4.69) is 15.3 Å². The number of carbonyl (C=O) groups excluding carboxylic acids is 2. The predicted octanol–water partition coefficient (Wildman–Crippen LogP) is 5.35. The van der Waals surface area contributed by atoms with Crippen LogP contribution in [0.15, 0.2) is 60.8 Å². The predicted molar refractivity (Wildman–Crippen MR) is 138 cm³/mol. The van der Waals surface area contributed by atoms with Gasteiger partial charge < -0.3 is 10.2 Å². The van der Waals surface area contributed by atoms with Crippen LogP contribution in [-0.2, 0) is 0 Å². The molecule has 176 valence electrons. The van der Waals surface area contributed by atoms with Crippen LogP contribution in [0.4, 0.5) is 0 Å². The summed E-state index contributed by atoms with van der Waals surface area (Å²) < 4.78 is 0. The molecule has 6 nitrogen and oxygen atoms in total. The zero-order valence-corrected chi connectivity index (χ0v) is 20.6. The molecule has 2 unspecified atom stereocenters. The number of aryl methyl sites for hydroxylation is 1. The van der Waals surface area contributed by atoms with Gasteiger partial charge in [0, 0.05) is 29.2 Å². The largest absolute Gasteiger partial charge is 0.349 e. The summed E-state index contributed by atoms with van der Waals surface area (Å²) in [5.41, 5.74) is 1.77. The summed E-state index contributed by atoms with van der Waals surface area (Å²) in [4.78, 5) is 38.5. The Hall–Kier alpha value is -3.29. The van der Waals surface area contributed by atoms with Crippen LogP contribution >= 0.6 is 22.9 Å². The summed E-state index contributed by atoms with van der Waals surface area (Å²) in [6.45, 7) is 2.30. The van der Waals surface area contributed by atoms with Crippen molar-refractivity contribution >= 4 is 45.5 Å². The molecule has 3 heterocycles. The number of piperidine rings is 1. The quantitative estimate of drug-likeness (QED) is 0.399. The molecule has 1 aliphatic carbocycles. The fraction of sp³-hybridized carbons (Fsp3) is 0.259. The van der Waals surface area contributed by atoms with E-state index in [1.165, 1.54) is 11.3 Å². The minimum absolute atomic E-state index is 0.0700. The number of halogens is 1. The molecule has 0 spiro atoms. The molecule has 3 atom stereocenters. The van der Waals surface area contributed by atoms with E-state index in [1.54, 1.807) is 6.20 Å². The lowest BCUT2D eigenvalue weighted by molar-refractivity contribution is 0.0684. The number of nitrogens with one attached hydrogen (secondary N) is 1. The normalized spacial score (nSPS) is 20.6. The molecule has 2 aromatic carbocycles. The maximum absolute atomic E-state index is 13.8. The lowest BCUT2D eigenvalue weighted by atomic mass is 10.1. The van der Waals surface area contributed by atoms with E-state index >= 15 is 0 Å². The van der Waals surface area contributed by atoms with Crippen molar-refractivity contribution in [2.45, 2.75) is 31.8 Å². The second-order valence-corrected chi connectivity index (χ2v) is 10.8. The highest BCUT2D eigenvalue weighted by Crippen LogP contribution is 2.49. The van der Waals surface area contributed by atoms with Gasteiger partial charge >= 0.3 is 0 Å². The second kappa shape index (κ2) is 8.73. The fourth-order valence-corrected chi connectivity index (χ4v) is 6.27. The third kappa shape index (κ3) is 4.09. The van der Waals surface area contributed by atoms with Crippen molar-refractivity contribution in [2.75, 3.05) is 6.54 Å². The first-order valence-corrected chi connectivity index (χ1v) is 12.9. The number of pyridine rings is 1. The summed E-state index contributed by atoms with van der Waals surface area (Å²) in [6.07, 6.45) is 3.55. The van der Waals surface area contributed by atoms with Crippen LogP contribution in [0.5, 0.6) is 0 Å². The molecule has 0 bridgehead atoms. The van der Waals surface area contributed by atoms with Crippen LogP contribution in [0, 0.1) is 12.8 Å². The summed E-state index contributed by atoms with van der Waals surface area (Å²) >= 11 is 7.72. The van der Waals surface area contributed by atoms with Crippen LogP contribution in [-0.4, -0.2) is 45.3 Å². The molecule has 8 heteroatoms. The fourth-order valence-electron chi connectivity index (χ4n) is 5.17. The zero-order valence-electron chi connectivity index (χ0n) is 19.1. The van der Waals surface area contributed by atoms with E-state index in [0.717, 1.165) is 39.1 Å². The van der Waals surface area contributed by atoms with E-state index in [-0.39, 0.29) is 23.9 Å². The van der Waals surface area contributed by atoms with Gasteiger partial charge in [-0.25, -0.2) is 4.98 Å². The minimum Gasteiger partial charge on any atom is -0.349 e. The number of benzene rings is 2. The summed E-state index contributed by atoms with van der Waals surface area (Å²) in [7, 11) is 0. The Kier molecular flexibility index (Phi) is 5.54.